The number of thiocarbonyl (C=S) groups is 1. The summed E-state index contributed by atoms with van der Waals surface area (Å²) in [6.07, 6.45) is 3.61. The molecule has 3 aliphatic heterocycles. The summed E-state index contributed by atoms with van der Waals surface area (Å²) in [7, 11) is -3.03. The quantitative estimate of drug-likeness (QED) is 0.629. The lowest BCUT2D eigenvalue weighted by Gasteiger charge is -2.23. The van der Waals surface area contributed by atoms with Gasteiger partial charge in [-0.1, -0.05) is 18.2 Å². The van der Waals surface area contributed by atoms with Crippen molar-refractivity contribution in [2.24, 2.45) is 5.10 Å². The van der Waals surface area contributed by atoms with Crippen LogP contribution in [-0.2, 0) is 9.84 Å². The highest BCUT2D eigenvalue weighted by Gasteiger charge is 2.47. The number of para-hydroxylation sites is 1. The number of benzene rings is 1. The lowest BCUT2D eigenvalue weighted by atomic mass is 10.0. The molecule has 2 saturated heterocycles. The van der Waals surface area contributed by atoms with Gasteiger partial charge in [0.05, 0.1) is 29.8 Å². The van der Waals surface area contributed by atoms with E-state index in [1.54, 1.807) is 11.2 Å². The molecule has 126 valence electrons. The van der Waals surface area contributed by atoms with Crippen molar-refractivity contribution in [2.75, 3.05) is 11.5 Å². The fourth-order valence-corrected chi connectivity index (χ4v) is 5.47. The van der Waals surface area contributed by atoms with E-state index in [1.165, 1.54) is 0 Å². The van der Waals surface area contributed by atoms with Gasteiger partial charge in [0.15, 0.2) is 14.9 Å². The number of hydrogen-bond acceptors (Lipinski definition) is 5. The number of sulfone groups is 1. The van der Waals surface area contributed by atoms with Crippen molar-refractivity contribution < 1.29 is 13.2 Å². The zero-order valence-corrected chi connectivity index (χ0v) is 14.7. The van der Waals surface area contributed by atoms with Gasteiger partial charge in [0.2, 0.25) is 0 Å². The summed E-state index contributed by atoms with van der Waals surface area (Å²) in [6, 6.07) is 7.41. The van der Waals surface area contributed by atoms with Crippen LogP contribution in [0.25, 0.3) is 6.08 Å². The molecule has 0 radical (unpaired) electrons. The number of nitrogens with one attached hydrogen (secondary N) is 1. The summed E-state index contributed by atoms with van der Waals surface area (Å²) in [5, 5.41) is 9.58. The predicted octanol–water partition coefficient (Wildman–Crippen LogP) is 1.19. The Morgan fingerprint density at radius 3 is 3.00 bits per heavy atom. The Morgan fingerprint density at radius 2 is 2.17 bits per heavy atom. The molecule has 1 aromatic rings. The van der Waals surface area contributed by atoms with E-state index in [1.807, 2.05) is 37.3 Å². The summed E-state index contributed by atoms with van der Waals surface area (Å²) in [5.41, 5.74) is 1.92. The number of rotatable bonds is 2. The SMILES string of the molecule is C[C@@H]1Oc2ccccc2C=C1/C=N\N1C(=S)N[C@H]2CS(=O)(=O)C[C@@H]21. The van der Waals surface area contributed by atoms with Gasteiger partial charge >= 0.3 is 0 Å². The Balaban J connectivity index is 1.59. The van der Waals surface area contributed by atoms with E-state index in [9.17, 15) is 8.42 Å². The molecule has 0 saturated carbocycles. The standard InChI is InChI=1S/C16H17N3O3S2/c1-10-12(6-11-4-2-3-5-15(11)22-10)7-17-19-14-9-24(20,21)8-13(14)18-16(19)23/h2-7,10,13-14H,8-9H2,1H3,(H,18,23)/b17-7-/t10-,13-,14-/m0/s1. The molecule has 1 aromatic carbocycles. The number of hydrazone groups is 1. The monoisotopic (exact) mass is 363 g/mol. The van der Waals surface area contributed by atoms with E-state index in [-0.39, 0.29) is 29.7 Å². The van der Waals surface area contributed by atoms with Gasteiger partial charge in [-0.25, -0.2) is 13.4 Å². The topological polar surface area (TPSA) is 71.0 Å². The molecule has 24 heavy (non-hydrogen) atoms. The molecule has 0 aliphatic carbocycles. The lowest BCUT2D eigenvalue weighted by molar-refractivity contribution is 0.260. The van der Waals surface area contributed by atoms with E-state index < -0.39 is 9.84 Å². The van der Waals surface area contributed by atoms with Gasteiger partial charge in [0.25, 0.3) is 0 Å². The summed E-state index contributed by atoms with van der Waals surface area (Å²) in [4.78, 5) is 0. The Labute approximate surface area is 146 Å². The molecule has 0 spiro atoms. The fourth-order valence-electron chi connectivity index (χ4n) is 3.25. The van der Waals surface area contributed by atoms with Crippen LogP contribution in [0.1, 0.15) is 12.5 Å². The highest BCUT2D eigenvalue weighted by Crippen LogP contribution is 2.29. The second kappa shape index (κ2) is 5.56. The zero-order valence-electron chi connectivity index (χ0n) is 13.0. The van der Waals surface area contributed by atoms with Crippen molar-refractivity contribution in [2.45, 2.75) is 25.1 Å². The molecule has 0 unspecified atom stereocenters. The van der Waals surface area contributed by atoms with E-state index in [0.29, 0.717) is 5.11 Å². The first-order valence-electron chi connectivity index (χ1n) is 7.74. The first-order valence-corrected chi connectivity index (χ1v) is 9.97. The number of nitrogens with zero attached hydrogens (tertiary/aromatic N) is 2. The van der Waals surface area contributed by atoms with Crippen molar-refractivity contribution in [1.29, 1.82) is 0 Å². The van der Waals surface area contributed by atoms with Gasteiger partial charge < -0.3 is 10.1 Å². The first-order chi connectivity index (χ1) is 11.4. The van der Waals surface area contributed by atoms with Crippen LogP contribution in [0.5, 0.6) is 5.75 Å². The van der Waals surface area contributed by atoms with Gasteiger partial charge in [-0.2, -0.15) is 5.10 Å². The Bertz CT molecular complexity index is 863. The molecule has 2 fully saturated rings. The van der Waals surface area contributed by atoms with Crippen molar-refractivity contribution in [3.05, 3.63) is 35.4 Å². The molecule has 3 aliphatic rings. The Morgan fingerprint density at radius 1 is 1.38 bits per heavy atom. The van der Waals surface area contributed by atoms with Crippen LogP contribution in [0.15, 0.2) is 34.9 Å². The molecule has 3 atom stereocenters. The first kappa shape index (κ1) is 15.6. The van der Waals surface area contributed by atoms with E-state index in [2.05, 4.69) is 10.4 Å². The highest BCUT2D eigenvalue weighted by atomic mass is 32.2. The molecule has 8 heteroatoms. The van der Waals surface area contributed by atoms with Gasteiger partial charge in [-0.05, 0) is 31.3 Å². The molecular formula is C16H17N3O3S2. The Kier molecular flexibility index (Phi) is 3.61. The van der Waals surface area contributed by atoms with Crippen LogP contribution in [-0.4, -0.2) is 54.4 Å². The Hall–Kier alpha value is -1.93. The maximum absolute atomic E-state index is 11.8. The maximum Gasteiger partial charge on any atom is 0.190 e. The average Bonchev–Trinajstić information content (AvgIpc) is 2.96. The van der Waals surface area contributed by atoms with Crippen LogP contribution >= 0.6 is 12.2 Å². The van der Waals surface area contributed by atoms with E-state index in [0.717, 1.165) is 16.9 Å². The van der Waals surface area contributed by atoms with Gasteiger partial charge in [-0.15, -0.1) is 0 Å². The largest absolute Gasteiger partial charge is 0.485 e. The number of ether oxygens (including phenoxy) is 1. The number of fused-ring (bicyclic) bond motifs is 2. The zero-order chi connectivity index (χ0) is 16.9. The third-order valence-corrected chi connectivity index (χ3v) is 6.52. The summed E-state index contributed by atoms with van der Waals surface area (Å²) >= 11 is 5.28. The fraction of sp³-hybridized carbons (Fsp3) is 0.375. The van der Waals surface area contributed by atoms with Crippen molar-refractivity contribution in [1.82, 2.24) is 10.3 Å². The number of hydrogen-bond donors (Lipinski definition) is 1. The van der Waals surface area contributed by atoms with Crippen LogP contribution in [0, 0.1) is 0 Å². The molecular weight excluding hydrogens is 346 g/mol. The smallest absolute Gasteiger partial charge is 0.190 e. The van der Waals surface area contributed by atoms with Crippen LogP contribution in [0.4, 0.5) is 0 Å². The lowest BCUT2D eigenvalue weighted by Crippen LogP contribution is -2.33. The molecule has 4 rings (SSSR count). The third-order valence-electron chi connectivity index (χ3n) is 4.50. The third kappa shape index (κ3) is 2.69. The van der Waals surface area contributed by atoms with Crippen LogP contribution in [0.2, 0.25) is 0 Å². The maximum atomic E-state index is 11.8. The highest BCUT2D eigenvalue weighted by molar-refractivity contribution is 7.91. The summed E-state index contributed by atoms with van der Waals surface area (Å²) in [5.74, 6) is 1.04. The van der Waals surface area contributed by atoms with Crippen molar-refractivity contribution >= 4 is 39.5 Å². The predicted molar refractivity (Wildman–Crippen MR) is 96.8 cm³/mol. The minimum atomic E-state index is -3.03. The van der Waals surface area contributed by atoms with Gasteiger partial charge in [0, 0.05) is 11.1 Å². The van der Waals surface area contributed by atoms with Crippen LogP contribution in [0.3, 0.4) is 0 Å². The van der Waals surface area contributed by atoms with Crippen LogP contribution < -0.4 is 10.1 Å². The molecule has 0 amide bonds. The normalized spacial score (nSPS) is 30.5. The van der Waals surface area contributed by atoms with Crippen molar-refractivity contribution in [3.63, 3.8) is 0 Å². The minimum Gasteiger partial charge on any atom is -0.485 e. The summed E-state index contributed by atoms with van der Waals surface area (Å²) < 4.78 is 29.5. The summed E-state index contributed by atoms with van der Waals surface area (Å²) in [6.45, 7) is 1.96. The second-order valence-corrected chi connectivity index (χ2v) is 8.77. The van der Waals surface area contributed by atoms with Gasteiger partial charge in [0.1, 0.15) is 11.9 Å². The van der Waals surface area contributed by atoms with E-state index >= 15 is 0 Å². The molecule has 0 aromatic heterocycles. The minimum absolute atomic E-state index is 0.0794. The second-order valence-electron chi connectivity index (χ2n) is 6.23. The molecule has 6 nitrogen and oxygen atoms in total. The average molecular weight is 363 g/mol. The molecule has 0 bridgehead atoms. The molecule has 3 heterocycles. The van der Waals surface area contributed by atoms with E-state index in [4.69, 9.17) is 17.0 Å². The molecule has 1 N–H and O–H groups in total. The van der Waals surface area contributed by atoms with Crippen molar-refractivity contribution in [3.8, 4) is 5.75 Å². The van der Waals surface area contributed by atoms with Gasteiger partial charge in [-0.3, -0.25) is 0 Å².